The minimum atomic E-state index is -0.469. The average molecular weight is 388 g/mol. The molecule has 1 aromatic rings. The van der Waals surface area contributed by atoms with Crippen LogP contribution in [-0.4, -0.2) is 53.4 Å². The predicted octanol–water partition coefficient (Wildman–Crippen LogP) is 3.94. The van der Waals surface area contributed by atoms with Gasteiger partial charge in [0.25, 0.3) is 0 Å². The van der Waals surface area contributed by atoms with E-state index in [-0.39, 0.29) is 24.3 Å². The van der Waals surface area contributed by atoms with E-state index in [1.807, 2.05) is 25.7 Å². The molecule has 0 aromatic carbocycles. The summed E-state index contributed by atoms with van der Waals surface area (Å²) >= 11 is 0. The summed E-state index contributed by atoms with van der Waals surface area (Å²) < 4.78 is 11.6. The molecule has 3 aliphatic rings. The first-order valence-corrected chi connectivity index (χ1v) is 10.6. The lowest BCUT2D eigenvalue weighted by Gasteiger charge is -2.43. The number of hydrogen-bond acceptors (Lipinski definition) is 5. The van der Waals surface area contributed by atoms with Gasteiger partial charge in [0.15, 0.2) is 0 Å². The normalized spacial score (nSPS) is 25.3. The maximum atomic E-state index is 12.5. The van der Waals surface area contributed by atoms with Crippen molar-refractivity contribution in [2.24, 2.45) is 5.92 Å². The third kappa shape index (κ3) is 4.12. The number of ether oxygens (including phenoxy) is 2. The summed E-state index contributed by atoms with van der Waals surface area (Å²) in [5, 5.41) is 0. The molecule has 0 N–H and O–H groups in total. The molecule has 2 aliphatic heterocycles. The van der Waals surface area contributed by atoms with E-state index in [1.165, 1.54) is 18.4 Å². The highest BCUT2D eigenvalue weighted by Crippen LogP contribution is 2.37. The Morgan fingerprint density at radius 3 is 2.71 bits per heavy atom. The quantitative estimate of drug-likeness (QED) is 0.783. The minimum Gasteiger partial charge on any atom is -0.444 e. The maximum Gasteiger partial charge on any atom is 0.410 e. The van der Waals surface area contributed by atoms with Crippen LogP contribution >= 0.6 is 0 Å². The summed E-state index contributed by atoms with van der Waals surface area (Å²) in [5.41, 5.74) is 1.80. The standard InChI is InChI=1S/C22H33N3O3/c1-14-11-24(21(26)28-22(3,4)5)12-18-10-17-8-9-19(23-20(17)25(14)18)15(2)27-13-16-6-7-16/h8-9,14-16,18H,6-7,10-13H2,1-5H3/t14-,15-,18-/m1/s1. The smallest absolute Gasteiger partial charge is 0.410 e. The van der Waals surface area contributed by atoms with E-state index in [0.29, 0.717) is 13.1 Å². The second kappa shape index (κ2) is 7.21. The van der Waals surface area contributed by atoms with Gasteiger partial charge in [0.05, 0.1) is 24.4 Å². The lowest BCUT2D eigenvalue weighted by Crippen LogP contribution is -2.58. The molecule has 0 unspecified atom stereocenters. The molecule has 2 fully saturated rings. The number of fused-ring (bicyclic) bond motifs is 3. The van der Waals surface area contributed by atoms with Crippen LogP contribution in [0.3, 0.4) is 0 Å². The topological polar surface area (TPSA) is 54.9 Å². The van der Waals surface area contributed by atoms with Crippen molar-refractivity contribution < 1.29 is 14.3 Å². The molecule has 0 bridgehead atoms. The fourth-order valence-electron chi connectivity index (χ4n) is 4.21. The van der Waals surface area contributed by atoms with Crippen LogP contribution in [0.15, 0.2) is 12.1 Å². The second-order valence-electron chi connectivity index (χ2n) is 9.64. The summed E-state index contributed by atoms with van der Waals surface area (Å²) in [6.45, 7) is 12.2. The summed E-state index contributed by atoms with van der Waals surface area (Å²) in [6.07, 6.45) is 3.31. The van der Waals surface area contributed by atoms with Gasteiger partial charge in [0.1, 0.15) is 11.4 Å². The van der Waals surface area contributed by atoms with E-state index >= 15 is 0 Å². The Morgan fingerprint density at radius 2 is 2.04 bits per heavy atom. The van der Waals surface area contributed by atoms with E-state index in [2.05, 4.69) is 30.9 Å². The molecule has 1 amide bonds. The molecule has 6 heteroatoms. The summed E-state index contributed by atoms with van der Waals surface area (Å²) in [6, 6.07) is 4.76. The molecule has 3 atom stereocenters. The van der Waals surface area contributed by atoms with Crippen molar-refractivity contribution in [3.8, 4) is 0 Å². The largest absolute Gasteiger partial charge is 0.444 e. The molecule has 154 valence electrons. The molecule has 1 saturated carbocycles. The van der Waals surface area contributed by atoms with Gasteiger partial charge in [-0.1, -0.05) is 6.07 Å². The molecule has 4 rings (SSSR count). The van der Waals surface area contributed by atoms with E-state index in [4.69, 9.17) is 14.5 Å². The highest BCUT2D eigenvalue weighted by Gasteiger charge is 2.41. The van der Waals surface area contributed by atoms with E-state index in [0.717, 1.165) is 30.5 Å². The molecule has 1 saturated heterocycles. The highest BCUT2D eigenvalue weighted by atomic mass is 16.6. The summed E-state index contributed by atoms with van der Waals surface area (Å²) in [5.74, 6) is 1.82. The van der Waals surface area contributed by atoms with Crippen molar-refractivity contribution in [2.75, 3.05) is 24.6 Å². The van der Waals surface area contributed by atoms with Gasteiger partial charge >= 0.3 is 6.09 Å². The van der Waals surface area contributed by atoms with E-state index < -0.39 is 5.60 Å². The monoisotopic (exact) mass is 387 g/mol. The number of carbonyl (C=O) groups is 1. The summed E-state index contributed by atoms with van der Waals surface area (Å²) in [7, 11) is 0. The van der Waals surface area contributed by atoms with Crippen LogP contribution in [0.25, 0.3) is 0 Å². The molecule has 0 radical (unpaired) electrons. The van der Waals surface area contributed by atoms with E-state index in [1.54, 1.807) is 0 Å². The molecule has 0 spiro atoms. The van der Waals surface area contributed by atoms with Crippen LogP contribution < -0.4 is 4.90 Å². The number of rotatable bonds is 4. The zero-order valence-electron chi connectivity index (χ0n) is 17.8. The van der Waals surface area contributed by atoms with Crippen LogP contribution in [0.4, 0.5) is 10.6 Å². The fraction of sp³-hybridized carbons (Fsp3) is 0.727. The third-order valence-electron chi connectivity index (χ3n) is 5.81. The number of piperazine rings is 1. The Hall–Kier alpha value is -1.82. The Balaban J connectivity index is 1.46. The van der Waals surface area contributed by atoms with Gasteiger partial charge in [-0.25, -0.2) is 9.78 Å². The Morgan fingerprint density at radius 1 is 1.29 bits per heavy atom. The molecular weight excluding hydrogens is 354 g/mol. The van der Waals surface area contributed by atoms with Crippen molar-refractivity contribution >= 4 is 11.9 Å². The first-order chi connectivity index (χ1) is 13.2. The molecule has 28 heavy (non-hydrogen) atoms. The third-order valence-corrected chi connectivity index (χ3v) is 5.81. The van der Waals surface area contributed by atoms with Gasteiger partial charge in [-0.2, -0.15) is 0 Å². The van der Waals surface area contributed by atoms with Crippen LogP contribution in [0.5, 0.6) is 0 Å². The van der Waals surface area contributed by atoms with Crippen LogP contribution in [0.2, 0.25) is 0 Å². The predicted molar refractivity (Wildman–Crippen MR) is 109 cm³/mol. The lowest BCUT2D eigenvalue weighted by molar-refractivity contribution is 0.0191. The van der Waals surface area contributed by atoms with Gasteiger partial charge in [-0.15, -0.1) is 0 Å². The number of nitrogens with zero attached hydrogens (tertiary/aromatic N) is 3. The first kappa shape index (κ1) is 19.5. The number of aromatic nitrogens is 1. The van der Waals surface area contributed by atoms with Crippen LogP contribution in [0.1, 0.15) is 64.8 Å². The Kier molecular flexibility index (Phi) is 5.02. The Labute approximate surface area is 168 Å². The number of hydrogen-bond donors (Lipinski definition) is 0. The fourth-order valence-corrected chi connectivity index (χ4v) is 4.21. The Bertz CT molecular complexity index is 741. The first-order valence-electron chi connectivity index (χ1n) is 10.6. The highest BCUT2D eigenvalue weighted by molar-refractivity contribution is 5.69. The molecule has 6 nitrogen and oxygen atoms in total. The van der Waals surface area contributed by atoms with Crippen molar-refractivity contribution in [1.29, 1.82) is 0 Å². The second-order valence-corrected chi connectivity index (χ2v) is 9.64. The number of pyridine rings is 1. The molecular formula is C22H33N3O3. The number of carbonyl (C=O) groups excluding carboxylic acids is 1. The van der Waals surface area contributed by atoms with Gasteiger partial charge in [-0.3, -0.25) is 0 Å². The van der Waals surface area contributed by atoms with Gasteiger partial charge < -0.3 is 19.3 Å². The van der Waals surface area contributed by atoms with Gasteiger partial charge in [-0.05, 0) is 71.4 Å². The van der Waals surface area contributed by atoms with Crippen molar-refractivity contribution in [2.45, 2.75) is 77.7 Å². The molecule has 3 heterocycles. The number of amides is 1. The van der Waals surface area contributed by atoms with Crippen LogP contribution in [-0.2, 0) is 15.9 Å². The zero-order valence-corrected chi connectivity index (χ0v) is 17.8. The summed E-state index contributed by atoms with van der Waals surface area (Å²) in [4.78, 5) is 21.8. The van der Waals surface area contributed by atoms with Gasteiger partial charge in [0, 0.05) is 19.1 Å². The molecule has 1 aliphatic carbocycles. The van der Waals surface area contributed by atoms with Crippen molar-refractivity contribution in [3.63, 3.8) is 0 Å². The lowest BCUT2D eigenvalue weighted by atomic mass is 10.1. The van der Waals surface area contributed by atoms with Crippen molar-refractivity contribution in [1.82, 2.24) is 9.88 Å². The van der Waals surface area contributed by atoms with Crippen molar-refractivity contribution in [3.05, 3.63) is 23.4 Å². The average Bonchev–Trinajstić information content (AvgIpc) is 3.36. The van der Waals surface area contributed by atoms with Gasteiger partial charge in [0.2, 0.25) is 0 Å². The number of anilines is 1. The maximum absolute atomic E-state index is 12.5. The minimum absolute atomic E-state index is 0.0170. The zero-order chi connectivity index (χ0) is 20.1. The van der Waals surface area contributed by atoms with Crippen LogP contribution in [0, 0.1) is 5.92 Å². The van der Waals surface area contributed by atoms with E-state index in [9.17, 15) is 4.79 Å². The SMILES string of the molecule is C[C@@H]1CN(C(=O)OC(C)(C)C)C[C@H]2Cc3ccc([C@@H](C)OCC4CC4)nc3N21. The molecule has 1 aromatic heterocycles.